The number of methoxy groups -OCH3 is 1. The number of hydrogen-bond donors (Lipinski definition) is 2. The summed E-state index contributed by atoms with van der Waals surface area (Å²) in [7, 11) is 1.57. The maximum atomic E-state index is 12.4. The Bertz CT molecular complexity index is 1190. The molecule has 1 aliphatic rings. The number of nitrogens with zero attached hydrogens (tertiary/aromatic N) is 1. The van der Waals surface area contributed by atoms with Crippen molar-refractivity contribution in [2.45, 2.75) is 18.4 Å². The summed E-state index contributed by atoms with van der Waals surface area (Å²) in [6, 6.07) is 22.5. The third-order valence-corrected chi connectivity index (χ3v) is 6.72. The Morgan fingerprint density at radius 3 is 2.47 bits per heavy atom. The first-order valence-corrected chi connectivity index (χ1v) is 12.4. The molecule has 0 radical (unpaired) electrons. The summed E-state index contributed by atoms with van der Waals surface area (Å²) >= 11 is 6.14. The first-order valence-electron chi connectivity index (χ1n) is 12.0. The second kappa shape index (κ2) is 12.1. The molecule has 0 spiro atoms. The predicted octanol–water partition coefficient (Wildman–Crippen LogP) is 5.36. The number of anilines is 1. The van der Waals surface area contributed by atoms with Crippen molar-refractivity contribution in [3.63, 3.8) is 0 Å². The van der Waals surface area contributed by atoms with Gasteiger partial charge in [-0.05, 0) is 36.1 Å². The molecule has 2 N–H and O–H groups in total. The second-order valence-corrected chi connectivity index (χ2v) is 9.24. The van der Waals surface area contributed by atoms with E-state index in [4.69, 9.17) is 21.1 Å². The first kappa shape index (κ1) is 25.8. The molecule has 1 fully saturated rings. The number of aliphatic hydroxyl groups is 1. The molecule has 0 bridgehead atoms. The lowest BCUT2D eigenvalue weighted by atomic mass is 9.84. The van der Waals surface area contributed by atoms with Crippen LogP contribution in [0.15, 0.2) is 78.9 Å². The van der Waals surface area contributed by atoms with Gasteiger partial charge in [-0.1, -0.05) is 60.1 Å². The van der Waals surface area contributed by atoms with Crippen LogP contribution in [0.2, 0.25) is 5.02 Å². The molecular formula is C29H31ClN2O4. The summed E-state index contributed by atoms with van der Waals surface area (Å²) in [5.41, 5.74) is 1.56. The fourth-order valence-corrected chi connectivity index (χ4v) is 4.48. The topological polar surface area (TPSA) is 71.0 Å². The molecule has 3 aromatic rings. The number of halogens is 1. The van der Waals surface area contributed by atoms with E-state index in [0.717, 1.165) is 30.8 Å². The van der Waals surface area contributed by atoms with E-state index in [2.05, 4.69) is 10.2 Å². The number of likely N-dealkylation sites (tertiary alicyclic amines) is 1. The molecule has 0 aromatic heterocycles. The average Bonchev–Trinajstić information content (AvgIpc) is 2.90. The van der Waals surface area contributed by atoms with E-state index < -0.39 is 5.60 Å². The van der Waals surface area contributed by atoms with Crippen molar-refractivity contribution in [2.75, 3.05) is 38.7 Å². The monoisotopic (exact) mass is 506 g/mol. The maximum absolute atomic E-state index is 12.4. The van der Waals surface area contributed by atoms with Crippen LogP contribution in [-0.4, -0.2) is 49.3 Å². The van der Waals surface area contributed by atoms with Crippen LogP contribution in [0.25, 0.3) is 6.08 Å². The summed E-state index contributed by atoms with van der Waals surface area (Å²) in [5.74, 6) is 0.912. The van der Waals surface area contributed by atoms with E-state index in [1.807, 2.05) is 48.5 Å². The predicted molar refractivity (Wildman–Crippen MR) is 144 cm³/mol. The fourth-order valence-electron chi connectivity index (χ4n) is 4.28. The van der Waals surface area contributed by atoms with Crippen LogP contribution in [0.5, 0.6) is 11.5 Å². The van der Waals surface area contributed by atoms with E-state index in [9.17, 15) is 9.90 Å². The van der Waals surface area contributed by atoms with Crippen molar-refractivity contribution in [1.82, 2.24) is 4.90 Å². The van der Waals surface area contributed by atoms with Crippen LogP contribution in [0.3, 0.4) is 0 Å². The van der Waals surface area contributed by atoms with Crippen molar-refractivity contribution in [1.29, 1.82) is 0 Å². The van der Waals surface area contributed by atoms with Crippen LogP contribution < -0.4 is 14.8 Å². The van der Waals surface area contributed by atoms with Crippen molar-refractivity contribution < 1.29 is 19.4 Å². The molecule has 1 aliphatic heterocycles. The summed E-state index contributed by atoms with van der Waals surface area (Å²) in [6.07, 6.45) is 4.49. The van der Waals surface area contributed by atoms with E-state index in [1.54, 1.807) is 37.5 Å². The summed E-state index contributed by atoms with van der Waals surface area (Å²) < 4.78 is 11.4. The maximum Gasteiger partial charge on any atom is 0.248 e. The van der Waals surface area contributed by atoms with Gasteiger partial charge in [0, 0.05) is 54.6 Å². The number of rotatable bonds is 9. The molecule has 0 aliphatic carbocycles. The summed E-state index contributed by atoms with van der Waals surface area (Å²) in [4.78, 5) is 14.7. The Balaban J connectivity index is 1.29. The molecule has 6 nitrogen and oxygen atoms in total. The summed E-state index contributed by atoms with van der Waals surface area (Å²) in [6.45, 7) is 2.82. The third-order valence-electron chi connectivity index (χ3n) is 6.37. The average molecular weight is 507 g/mol. The van der Waals surface area contributed by atoms with Gasteiger partial charge in [0.2, 0.25) is 5.91 Å². The van der Waals surface area contributed by atoms with Crippen molar-refractivity contribution in [2.24, 2.45) is 0 Å². The van der Waals surface area contributed by atoms with Crippen LogP contribution in [0, 0.1) is 0 Å². The molecule has 3 aromatic carbocycles. The highest BCUT2D eigenvalue weighted by Gasteiger charge is 2.33. The fraction of sp³-hybridized carbons (Fsp3) is 0.276. The van der Waals surface area contributed by atoms with Crippen LogP contribution in [0.4, 0.5) is 5.69 Å². The number of carbonyl (C=O) groups excluding carboxylic acids is 1. The molecule has 0 unspecified atom stereocenters. The minimum absolute atomic E-state index is 0.284. The highest BCUT2D eigenvalue weighted by molar-refractivity contribution is 6.32. The van der Waals surface area contributed by atoms with Gasteiger partial charge in [-0.15, -0.1) is 0 Å². The smallest absolute Gasteiger partial charge is 0.248 e. The molecule has 1 amide bonds. The van der Waals surface area contributed by atoms with Gasteiger partial charge < -0.3 is 19.9 Å². The molecule has 188 valence electrons. The molecule has 4 rings (SSSR count). The Hall–Kier alpha value is -3.32. The Morgan fingerprint density at radius 1 is 1.06 bits per heavy atom. The molecule has 1 saturated heterocycles. The zero-order valence-electron chi connectivity index (χ0n) is 20.3. The molecule has 0 saturated carbocycles. The van der Waals surface area contributed by atoms with Gasteiger partial charge in [0.05, 0.1) is 12.7 Å². The normalized spacial score (nSPS) is 15.5. The number of amides is 1. The van der Waals surface area contributed by atoms with E-state index in [0.29, 0.717) is 41.7 Å². The molecule has 7 heteroatoms. The van der Waals surface area contributed by atoms with Gasteiger partial charge in [-0.2, -0.15) is 0 Å². The van der Waals surface area contributed by atoms with Crippen molar-refractivity contribution in [3.05, 3.63) is 95.0 Å². The number of nitrogens with one attached hydrogen (secondary N) is 1. The number of piperidine rings is 1. The number of ether oxygens (including phenoxy) is 2. The lowest BCUT2D eigenvalue weighted by Crippen LogP contribution is -2.43. The second-order valence-electron chi connectivity index (χ2n) is 8.83. The van der Waals surface area contributed by atoms with Gasteiger partial charge in [0.1, 0.15) is 18.1 Å². The molecule has 0 atom stereocenters. The molecule has 36 heavy (non-hydrogen) atoms. The Kier molecular flexibility index (Phi) is 8.65. The van der Waals surface area contributed by atoms with Gasteiger partial charge in [-0.25, -0.2) is 0 Å². The minimum atomic E-state index is -0.765. The highest BCUT2D eigenvalue weighted by atomic mass is 35.5. The van der Waals surface area contributed by atoms with Crippen LogP contribution in [-0.2, 0) is 10.4 Å². The quantitative estimate of drug-likeness (QED) is 0.382. The molecule has 1 heterocycles. The van der Waals surface area contributed by atoms with Crippen molar-refractivity contribution in [3.8, 4) is 11.5 Å². The third kappa shape index (κ3) is 6.88. The minimum Gasteiger partial charge on any atom is -0.497 e. The zero-order valence-corrected chi connectivity index (χ0v) is 21.1. The van der Waals surface area contributed by atoms with Crippen LogP contribution in [0.1, 0.15) is 24.0 Å². The van der Waals surface area contributed by atoms with Gasteiger partial charge in [0.15, 0.2) is 0 Å². The van der Waals surface area contributed by atoms with E-state index in [-0.39, 0.29) is 5.91 Å². The number of carbonyl (C=O) groups is 1. The Morgan fingerprint density at radius 2 is 1.75 bits per heavy atom. The van der Waals surface area contributed by atoms with Crippen molar-refractivity contribution >= 4 is 29.3 Å². The van der Waals surface area contributed by atoms with Gasteiger partial charge in [-0.3, -0.25) is 9.69 Å². The Labute approximate surface area is 217 Å². The standard InChI is InChI=1S/C29H31ClN2O4/c1-35-25-19-24(31-28(33)12-11-22-7-5-6-10-27(22)30)20-26(21-25)36-18-17-32-15-13-29(34,14-16-32)23-8-3-2-4-9-23/h2-12,19-21,34H,13-18H2,1H3,(H,31,33)/b12-11+. The van der Waals surface area contributed by atoms with Gasteiger partial charge in [0.25, 0.3) is 0 Å². The van der Waals surface area contributed by atoms with Crippen LogP contribution >= 0.6 is 11.6 Å². The first-order chi connectivity index (χ1) is 17.4. The number of hydrogen-bond acceptors (Lipinski definition) is 5. The van der Waals surface area contributed by atoms with E-state index in [1.165, 1.54) is 6.08 Å². The number of benzene rings is 3. The van der Waals surface area contributed by atoms with Gasteiger partial charge >= 0.3 is 0 Å². The molecular weight excluding hydrogens is 476 g/mol. The summed E-state index contributed by atoms with van der Waals surface area (Å²) in [5, 5.41) is 14.4. The highest BCUT2D eigenvalue weighted by Crippen LogP contribution is 2.32. The largest absolute Gasteiger partial charge is 0.497 e. The zero-order chi connectivity index (χ0) is 25.4. The van der Waals surface area contributed by atoms with E-state index >= 15 is 0 Å². The lowest BCUT2D eigenvalue weighted by molar-refractivity contribution is -0.111. The lowest BCUT2D eigenvalue weighted by Gasteiger charge is -2.38. The SMILES string of the molecule is COc1cc(NC(=O)/C=C/c2ccccc2Cl)cc(OCCN2CCC(O)(c3ccccc3)CC2)c1.